The Morgan fingerprint density at radius 3 is 2.60 bits per heavy atom. The van der Waals surface area contributed by atoms with Gasteiger partial charge in [0.15, 0.2) is 11.5 Å². The lowest BCUT2D eigenvalue weighted by Gasteiger charge is -2.44. The molecule has 2 atom stereocenters. The SMILES string of the molecule is CN(Cc1ccc2c(c1)OCO2)C(=O)C1CC2CCCC(C1)C2N.Cl. The van der Waals surface area contributed by atoms with E-state index in [1.54, 1.807) is 0 Å². The molecular formula is C19H27ClN2O3. The number of benzene rings is 1. The first-order valence-electron chi connectivity index (χ1n) is 9.01. The summed E-state index contributed by atoms with van der Waals surface area (Å²) in [6, 6.07) is 6.20. The summed E-state index contributed by atoms with van der Waals surface area (Å²) in [4.78, 5) is 14.8. The van der Waals surface area contributed by atoms with Crippen LogP contribution in [0.15, 0.2) is 18.2 Å². The van der Waals surface area contributed by atoms with Crippen LogP contribution in [0.3, 0.4) is 0 Å². The topological polar surface area (TPSA) is 64.8 Å². The Hall–Kier alpha value is -1.46. The van der Waals surface area contributed by atoms with Crippen LogP contribution >= 0.6 is 12.4 Å². The minimum absolute atomic E-state index is 0. The fourth-order valence-corrected chi connectivity index (χ4v) is 4.69. The van der Waals surface area contributed by atoms with E-state index in [1.807, 2.05) is 30.1 Å². The van der Waals surface area contributed by atoms with Crippen molar-refractivity contribution in [3.05, 3.63) is 23.8 Å². The number of halogens is 1. The van der Waals surface area contributed by atoms with E-state index in [0.29, 0.717) is 24.4 Å². The van der Waals surface area contributed by atoms with E-state index in [9.17, 15) is 4.79 Å². The molecule has 1 aromatic carbocycles. The lowest BCUT2D eigenvalue weighted by Crippen LogP contribution is -2.49. The molecule has 2 aliphatic carbocycles. The number of carbonyl (C=O) groups is 1. The van der Waals surface area contributed by atoms with E-state index in [2.05, 4.69) is 0 Å². The third-order valence-electron chi connectivity index (χ3n) is 6.00. The number of fused-ring (bicyclic) bond motifs is 3. The minimum atomic E-state index is 0. The second-order valence-corrected chi connectivity index (χ2v) is 7.58. The molecule has 2 N–H and O–H groups in total. The minimum Gasteiger partial charge on any atom is -0.454 e. The number of carbonyl (C=O) groups excluding carboxylic acids is 1. The summed E-state index contributed by atoms with van der Waals surface area (Å²) in [5, 5.41) is 0. The predicted molar refractivity (Wildman–Crippen MR) is 97.8 cm³/mol. The van der Waals surface area contributed by atoms with Gasteiger partial charge < -0.3 is 20.1 Å². The molecular weight excluding hydrogens is 340 g/mol. The lowest BCUT2D eigenvalue weighted by atomic mass is 9.65. The van der Waals surface area contributed by atoms with Gasteiger partial charge in [0.25, 0.3) is 0 Å². The van der Waals surface area contributed by atoms with E-state index in [-0.39, 0.29) is 31.0 Å². The largest absolute Gasteiger partial charge is 0.454 e. The quantitative estimate of drug-likeness (QED) is 0.893. The second-order valence-electron chi connectivity index (χ2n) is 7.58. The third kappa shape index (κ3) is 3.58. The standard InChI is InChI=1S/C19H26N2O3.ClH/c1-21(10-12-5-6-16-17(7-12)24-11-23-16)19(22)15-8-13-3-2-4-14(9-15)18(13)20;/h5-7,13-15,18H,2-4,8-11,20H2,1H3;1H. The zero-order chi connectivity index (χ0) is 16.7. The number of amides is 1. The van der Waals surface area contributed by atoms with Gasteiger partial charge in [-0.1, -0.05) is 12.5 Å². The second kappa shape index (κ2) is 7.42. The van der Waals surface area contributed by atoms with Crippen LogP contribution in [0.25, 0.3) is 0 Å². The molecule has 6 heteroatoms. The summed E-state index contributed by atoms with van der Waals surface area (Å²) in [5.74, 6) is 3.01. The van der Waals surface area contributed by atoms with Gasteiger partial charge in [-0.15, -0.1) is 12.4 Å². The van der Waals surface area contributed by atoms with Crippen LogP contribution in [0.1, 0.15) is 37.7 Å². The lowest BCUT2D eigenvalue weighted by molar-refractivity contribution is -0.137. The average Bonchev–Trinajstić information content (AvgIpc) is 3.01. The molecule has 5 nitrogen and oxygen atoms in total. The van der Waals surface area contributed by atoms with Gasteiger partial charge in [0.1, 0.15) is 0 Å². The summed E-state index contributed by atoms with van der Waals surface area (Å²) in [7, 11) is 1.90. The number of hydrogen-bond donors (Lipinski definition) is 1. The number of hydrogen-bond acceptors (Lipinski definition) is 4. The van der Waals surface area contributed by atoms with Crippen molar-refractivity contribution in [1.29, 1.82) is 0 Å². The van der Waals surface area contributed by atoms with Crippen LogP contribution in [0.4, 0.5) is 0 Å². The molecule has 2 bridgehead atoms. The molecule has 2 saturated carbocycles. The van der Waals surface area contributed by atoms with Crippen LogP contribution < -0.4 is 15.2 Å². The van der Waals surface area contributed by atoms with Crippen LogP contribution in [0, 0.1) is 17.8 Å². The molecule has 1 aromatic rings. The zero-order valence-corrected chi connectivity index (χ0v) is 15.5. The van der Waals surface area contributed by atoms with Crippen molar-refractivity contribution in [2.45, 2.75) is 44.7 Å². The Balaban J connectivity index is 0.00000182. The first-order valence-corrected chi connectivity index (χ1v) is 9.01. The monoisotopic (exact) mass is 366 g/mol. The van der Waals surface area contributed by atoms with Crippen LogP contribution in [0.5, 0.6) is 11.5 Å². The highest BCUT2D eigenvalue weighted by atomic mass is 35.5. The van der Waals surface area contributed by atoms with Crippen molar-refractivity contribution in [3.63, 3.8) is 0 Å². The summed E-state index contributed by atoms with van der Waals surface area (Å²) in [6.45, 7) is 0.881. The van der Waals surface area contributed by atoms with Gasteiger partial charge in [0.2, 0.25) is 12.7 Å². The van der Waals surface area contributed by atoms with Crippen molar-refractivity contribution in [3.8, 4) is 11.5 Å². The van der Waals surface area contributed by atoms with Gasteiger partial charge in [-0.2, -0.15) is 0 Å². The Kier molecular flexibility index (Phi) is 5.44. The molecule has 3 aliphatic rings. The Morgan fingerprint density at radius 2 is 1.88 bits per heavy atom. The van der Waals surface area contributed by atoms with Crippen molar-refractivity contribution < 1.29 is 14.3 Å². The molecule has 138 valence electrons. The van der Waals surface area contributed by atoms with E-state index >= 15 is 0 Å². The Bertz CT molecular complexity index is 625. The normalized spacial score (nSPS) is 29.7. The maximum Gasteiger partial charge on any atom is 0.231 e. The van der Waals surface area contributed by atoms with E-state index in [0.717, 1.165) is 29.9 Å². The van der Waals surface area contributed by atoms with Gasteiger partial charge in [0.05, 0.1) is 0 Å². The average molecular weight is 367 g/mol. The number of rotatable bonds is 3. The van der Waals surface area contributed by atoms with Crippen molar-refractivity contribution in [2.75, 3.05) is 13.8 Å². The van der Waals surface area contributed by atoms with Gasteiger partial charge in [0, 0.05) is 25.6 Å². The zero-order valence-electron chi connectivity index (χ0n) is 14.6. The number of nitrogens with zero attached hydrogens (tertiary/aromatic N) is 1. The molecule has 1 aliphatic heterocycles. The summed E-state index contributed by atoms with van der Waals surface area (Å²) in [6.07, 6.45) is 5.57. The molecule has 0 saturated heterocycles. The van der Waals surface area contributed by atoms with Crippen LogP contribution in [-0.4, -0.2) is 30.7 Å². The molecule has 2 fully saturated rings. The summed E-state index contributed by atoms with van der Waals surface area (Å²) < 4.78 is 10.8. The number of ether oxygens (including phenoxy) is 2. The molecule has 0 spiro atoms. The molecule has 1 heterocycles. The fraction of sp³-hybridized carbons (Fsp3) is 0.632. The molecule has 2 unspecified atom stereocenters. The summed E-state index contributed by atoms with van der Waals surface area (Å²) >= 11 is 0. The van der Waals surface area contributed by atoms with E-state index in [4.69, 9.17) is 15.2 Å². The first kappa shape index (κ1) is 18.3. The molecule has 1 amide bonds. The van der Waals surface area contributed by atoms with Gasteiger partial charge in [-0.05, 0) is 55.2 Å². The van der Waals surface area contributed by atoms with E-state index < -0.39 is 0 Å². The highest BCUT2D eigenvalue weighted by Gasteiger charge is 2.41. The van der Waals surface area contributed by atoms with Gasteiger partial charge in [-0.3, -0.25) is 4.79 Å². The fourth-order valence-electron chi connectivity index (χ4n) is 4.69. The van der Waals surface area contributed by atoms with Gasteiger partial charge in [-0.25, -0.2) is 0 Å². The highest BCUT2D eigenvalue weighted by Crippen LogP contribution is 2.42. The molecule has 25 heavy (non-hydrogen) atoms. The predicted octanol–water partition coefficient (Wildman–Crippen LogP) is 2.95. The Morgan fingerprint density at radius 1 is 1.20 bits per heavy atom. The third-order valence-corrected chi connectivity index (χ3v) is 6.00. The molecule has 0 aromatic heterocycles. The summed E-state index contributed by atoms with van der Waals surface area (Å²) in [5.41, 5.74) is 7.42. The first-order chi connectivity index (χ1) is 11.6. The van der Waals surface area contributed by atoms with E-state index in [1.165, 1.54) is 19.3 Å². The Labute approximate surface area is 155 Å². The van der Waals surface area contributed by atoms with Crippen LogP contribution in [-0.2, 0) is 11.3 Å². The van der Waals surface area contributed by atoms with Crippen molar-refractivity contribution in [2.24, 2.45) is 23.5 Å². The highest BCUT2D eigenvalue weighted by molar-refractivity contribution is 5.85. The maximum absolute atomic E-state index is 12.9. The van der Waals surface area contributed by atoms with Crippen molar-refractivity contribution >= 4 is 18.3 Å². The molecule has 4 rings (SSSR count). The maximum atomic E-state index is 12.9. The smallest absolute Gasteiger partial charge is 0.231 e. The van der Waals surface area contributed by atoms with Crippen LogP contribution in [0.2, 0.25) is 0 Å². The number of nitrogens with two attached hydrogens (primary N) is 1. The van der Waals surface area contributed by atoms with Crippen molar-refractivity contribution in [1.82, 2.24) is 4.90 Å². The van der Waals surface area contributed by atoms with Gasteiger partial charge >= 0.3 is 0 Å². The molecule has 0 radical (unpaired) electrons.